The molecular weight excluding hydrogens is 390 g/mol. The SMILES string of the molecule is COc1ccc(NC(=O)c2c[nH]c(=S)n2-c2ccccc2)cc1-n1nnnc1C. The van der Waals surface area contributed by atoms with Crippen molar-refractivity contribution in [2.45, 2.75) is 6.92 Å². The Balaban J connectivity index is 1.69. The van der Waals surface area contributed by atoms with Crippen LogP contribution in [0.5, 0.6) is 5.75 Å². The lowest BCUT2D eigenvalue weighted by Crippen LogP contribution is -2.16. The Hall–Kier alpha value is -3.79. The van der Waals surface area contributed by atoms with Gasteiger partial charge in [0.25, 0.3) is 5.91 Å². The van der Waals surface area contributed by atoms with Gasteiger partial charge in [0.1, 0.15) is 17.1 Å². The third kappa shape index (κ3) is 3.52. The normalized spacial score (nSPS) is 10.7. The van der Waals surface area contributed by atoms with Gasteiger partial charge in [0.15, 0.2) is 10.6 Å². The highest BCUT2D eigenvalue weighted by atomic mass is 32.1. The van der Waals surface area contributed by atoms with E-state index in [1.807, 2.05) is 30.3 Å². The minimum atomic E-state index is -0.314. The van der Waals surface area contributed by atoms with Crippen molar-refractivity contribution in [2.75, 3.05) is 12.4 Å². The molecule has 10 heteroatoms. The number of methoxy groups -OCH3 is 1. The van der Waals surface area contributed by atoms with E-state index in [1.54, 1.807) is 43.0 Å². The number of amides is 1. The summed E-state index contributed by atoms with van der Waals surface area (Å²) in [4.78, 5) is 15.9. The van der Waals surface area contributed by atoms with Crippen LogP contribution in [0.1, 0.15) is 16.3 Å². The molecule has 0 aliphatic rings. The van der Waals surface area contributed by atoms with Crippen molar-refractivity contribution in [1.29, 1.82) is 0 Å². The topological polar surface area (TPSA) is 103 Å². The largest absolute Gasteiger partial charge is 0.494 e. The number of nitrogens with one attached hydrogen (secondary N) is 2. The van der Waals surface area contributed by atoms with E-state index in [1.165, 1.54) is 4.68 Å². The number of benzene rings is 2. The highest BCUT2D eigenvalue weighted by Crippen LogP contribution is 2.27. The summed E-state index contributed by atoms with van der Waals surface area (Å²) in [7, 11) is 1.56. The summed E-state index contributed by atoms with van der Waals surface area (Å²) in [5.74, 6) is 0.855. The molecule has 29 heavy (non-hydrogen) atoms. The van der Waals surface area contributed by atoms with Gasteiger partial charge in [0, 0.05) is 17.6 Å². The Morgan fingerprint density at radius 3 is 2.69 bits per heavy atom. The van der Waals surface area contributed by atoms with Crippen LogP contribution in [0.2, 0.25) is 0 Å². The summed E-state index contributed by atoms with van der Waals surface area (Å²) >= 11 is 5.35. The number of aryl methyl sites for hydroxylation is 1. The fourth-order valence-electron chi connectivity index (χ4n) is 2.95. The first-order valence-corrected chi connectivity index (χ1v) is 9.10. The third-order valence-electron chi connectivity index (χ3n) is 4.31. The maximum Gasteiger partial charge on any atom is 0.274 e. The van der Waals surface area contributed by atoms with Crippen LogP contribution < -0.4 is 10.1 Å². The van der Waals surface area contributed by atoms with Crippen LogP contribution in [0.4, 0.5) is 5.69 Å². The zero-order chi connectivity index (χ0) is 20.4. The molecule has 1 amide bonds. The summed E-state index contributed by atoms with van der Waals surface area (Å²) < 4.78 is 9.05. The van der Waals surface area contributed by atoms with E-state index in [4.69, 9.17) is 17.0 Å². The zero-order valence-electron chi connectivity index (χ0n) is 15.7. The van der Waals surface area contributed by atoms with E-state index in [2.05, 4.69) is 25.8 Å². The van der Waals surface area contributed by atoms with Gasteiger partial charge in [0.2, 0.25) is 0 Å². The lowest BCUT2D eigenvalue weighted by Gasteiger charge is -2.12. The fraction of sp³-hybridized carbons (Fsp3) is 0.105. The van der Waals surface area contributed by atoms with Crippen LogP contribution in [0.3, 0.4) is 0 Å². The quantitative estimate of drug-likeness (QED) is 0.493. The van der Waals surface area contributed by atoms with Crippen molar-refractivity contribution in [2.24, 2.45) is 0 Å². The molecule has 4 rings (SSSR count). The first kappa shape index (κ1) is 18.6. The van der Waals surface area contributed by atoms with Crippen LogP contribution in [-0.4, -0.2) is 42.8 Å². The van der Waals surface area contributed by atoms with Crippen molar-refractivity contribution in [1.82, 2.24) is 29.8 Å². The number of rotatable bonds is 5. The average Bonchev–Trinajstić information content (AvgIpc) is 3.34. The van der Waals surface area contributed by atoms with E-state index in [0.717, 1.165) is 5.69 Å². The lowest BCUT2D eigenvalue weighted by atomic mass is 10.2. The molecule has 0 fully saturated rings. The minimum Gasteiger partial charge on any atom is -0.494 e. The Morgan fingerprint density at radius 2 is 2.00 bits per heavy atom. The maximum atomic E-state index is 13.0. The predicted molar refractivity (Wildman–Crippen MR) is 109 cm³/mol. The zero-order valence-corrected chi connectivity index (χ0v) is 16.5. The molecule has 0 aliphatic carbocycles. The molecule has 2 aromatic heterocycles. The monoisotopic (exact) mass is 407 g/mol. The number of nitrogens with zero attached hydrogens (tertiary/aromatic N) is 5. The van der Waals surface area contributed by atoms with Crippen LogP contribution in [0.15, 0.2) is 54.7 Å². The van der Waals surface area contributed by atoms with Gasteiger partial charge in [-0.25, -0.2) is 0 Å². The number of para-hydroxylation sites is 1. The Kier molecular flexibility index (Phi) is 4.92. The summed E-state index contributed by atoms with van der Waals surface area (Å²) in [5, 5.41) is 14.4. The van der Waals surface area contributed by atoms with Gasteiger partial charge in [-0.15, -0.1) is 5.10 Å². The number of tetrazole rings is 1. The Labute approximate surface area is 171 Å². The van der Waals surface area contributed by atoms with E-state index in [-0.39, 0.29) is 5.91 Å². The van der Waals surface area contributed by atoms with Crippen LogP contribution >= 0.6 is 12.2 Å². The first-order valence-electron chi connectivity index (χ1n) is 8.69. The number of aromatic nitrogens is 6. The second kappa shape index (κ2) is 7.68. The molecular formula is C19H17N7O2S. The Morgan fingerprint density at radius 1 is 1.21 bits per heavy atom. The number of imidazole rings is 1. The summed E-state index contributed by atoms with van der Waals surface area (Å²) in [6, 6.07) is 14.7. The summed E-state index contributed by atoms with van der Waals surface area (Å²) in [6.45, 7) is 1.78. The van der Waals surface area contributed by atoms with Gasteiger partial charge in [-0.2, -0.15) is 4.68 Å². The van der Waals surface area contributed by atoms with Gasteiger partial charge in [0.05, 0.1) is 7.11 Å². The number of aromatic amines is 1. The molecule has 9 nitrogen and oxygen atoms in total. The van der Waals surface area contributed by atoms with Crippen molar-refractivity contribution in [3.63, 3.8) is 0 Å². The highest BCUT2D eigenvalue weighted by Gasteiger charge is 2.16. The molecule has 0 spiro atoms. The van der Waals surface area contributed by atoms with E-state index < -0.39 is 0 Å². The van der Waals surface area contributed by atoms with E-state index in [9.17, 15) is 4.79 Å². The molecule has 0 saturated heterocycles. The first-order chi connectivity index (χ1) is 14.1. The molecule has 0 bridgehead atoms. The molecule has 0 radical (unpaired) electrons. The summed E-state index contributed by atoms with van der Waals surface area (Å²) in [6.07, 6.45) is 1.58. The molecule has 0 atom stereocenters. The van der Waals surface area contributed by atoms with Crippen LogP contribution in [0.25, 0.3) is 11.4 Å². The molecule has 2 N–H and O–H groups in total. The van der Waals surface area contributed by atoms with Gasteiger partial charge in [-0.1, -0.05) is 18.2 Å². The standard InChI is InChI=1S/C19H17N7O2S/c1-12-22-23-24-26(12)15-10-13(8-9-17(15)28-2)21-18(27)16-11-20-19(29)25(16)14-6-4-3-5-7-14/h3-11H,1-2H3,(H,20,29)(H,21,27). The molecule has 0 saturated carbocycles. The van der Waals surface area contributed by atoms with Gasteiger partial charge < -0.3 is 15.0 Å². The number of H-pyrrole nitrogens is 1. The van der Waals surface area contributed by atoms with E-state index in [0.29, 0.717) is 33.4 Å². The number of hydrogen-bond acceptors (Lipinski definition) is 6. The van der Waals surface area contributed by atoms with E-state index >= 15 is 0 Å². The summed E-state index contributed by atoms with van der Waals surface area (Å²) in [5.41, 5.74) is 2.36. The highest BCUT2D eigenvalue weighted by molar-refractivity contribution is 7.71. The van der Waals surface area contributed by atoms with Crippen molar-refractivity contribution in [3.8, 4) is 17.1 Å². The maximum absolute atomic E-state index is 13.0. The molecule has 0 aliphatic heterocycles. The molecule has 0 unspecified atom stereocenters. The fourth-order valence-corrected chi connectivity index (χ4v) is 3.21. The number of carbonyl (C=O) groups is 1. The van der Waals surface area contributed by atoms with Crippen molar-refractivity contribution >= 4 is 23.8 Å². The van der Waals surface area contributed by atoms with Gasteiger partial charge in [-0.3, -0.25) is 9.36 Å². The second-order valence-corrected chi connectivity index (χ2v) is 6.52. The smallest absolute Gasteiger partial charge is 0.274 e. The predicted octanol–water partition coefficient (Wildman–Crippen LogP) is 3.08. The average molecular weight is 407 g/mol. The Bertz CT molecular complexity index is 1230. The molecule has 2 heterocycles. The number of hydrogen-bond donors (Lipinski definition) is 2. The van der Waals surface area contributed by atoms with Gasteiger partial charge >= 0.3 is 0 Å². The number of ether oxygens (including phenoxy) is 1. The molecule has 146 valence electrons. The lowest BCUT2D eigenvalue weighted by molar-refractivity contribution is 0.102. The third-order valence-corrected chi connectivity index (χ3v) is 4.61. The number of anilines is 1. The van der Waals surface area contributed by atoms with Gasteiger partial charge in [-0.05, 0) is 59.9 Å². The van der Waals surface area contributed by atoms with Crippen LogP contribution in [-0.2, 0) is 0 Å². The van der Waals surface area contributed by atoms with Crippen LogP contribution in [0, 0.1) is 11.7 Å². The second-order valence-electron chi connectivity index (χ2n) is 6.13. The number of carbonyl (C=O) groups excluding carboxylic acids is 1. The minimum absolute atomic E-state index is 0.314. The van der Waals surface area contributed by atoms with Crippen molar-refractivity contribution in [3.05, 3.63) is 71.0 Å². The molecule has 4 aromatic rings. The molecule has 2 aromatic carbocycles. The van der Waals surface area contributed by atoms with Crippen molar-refractivity contribution < 1.29 is 9.53 Å².